The number of nitrogens with one attached hydrogen (secondary N) is 1. The molecule has 3 rings (SSSR count). The lowest BCUT2D eigenvalue weighted by Crippen LogP contribution is -2.25. The number of hydrogen-bond donors (Lipinski definition) is 1. The molecule has 2 heterocycles. The van der Waals surface area contributed by atoms with Gasteiger partial charge in [-0.1, -0.05) is 30.3 Å². The van der Waals surface area contributed by atoms with E-state index in [1.165, 1.54) is 11.8 Å². The van der Waals surface area contributed by atoms with Crippen molar-refractivity contribution in [1.82, 2.24) is 19.7 Å². The van der Waals surface area contributed by atoms with E-state index in [0.29, 0.717) is 22.3 Å². The normalized spacial score (nSPS) is 12.0. The van der Waals surface area contributed by atoms with Crippen LogP contribution in [0.4, 0.5) is 5.69 Å². The molecule has 1 aromatic carbocycles. The van der Waals surface area contributed by atoms with Crippen LogP contribution in [-0.4, -0.2) is 30.9 Å². The highest BCUT2D eigenvalue weighted by atomic mass is 35.5. The van der Waals surface area contributed by atoms with Gasteiger partial charge in [-0.25, -0.2) is 0 Å². The smallest absolute Gasteiger partial charge is 0.237 e. The zero-order valence-electron chi connectivity index (χ0n) is 14.4. The largest absolute Gasteiger partial charge is 0.325 e. The molecule has 8 heteroatoms. The summed E-state index contributed by atoms with van der Waals surface area (Å²) in [5.41, 5.74) is 1.65. The van der Waals surface area contributed by atoms with Gasteiger partial charge >= 0.3 is 0 Å². The Morgan fingerprint density at radius 3 is 2.54 bits per heavy atom. The third-order valence-electron chi connectivity index (χ3n) is 3.80. The first-order valence-electron chi connectivity index (χ1n) is 8.11. The summed E-state index contributed by atoms with van der Waals surface area (Å²) in [7, 11) is 1.89. The molecule has 0 aliphatic carbocycles. The molecular weight excluding hydrogens is 370 g/mol. The van der Waals surface area contributed by atoms with Crippen LogP contribution in [-0.2, 0) is 11.8 Å². The third-order valence-corrected chi connectivity index (χ3v) is 5.45. The molecule has 0 saturated carbocycles. The highest BCUT2D eigenvalue weighted by Crippen LogP contribution is 2.28. The molecule has 134 valence electrons. The van der Waals surface area contributed by atoms with Crippen molar-refractivity contribution in [3.05, 3.63) is 53.8 Å². The number of carbonyl (C=O) groups is 1. The second-order valence-corrected chi connectivity index (χ2v) is 7.22. The van der Waals surface area contributed by atoms with Gasteiger partial charge in [0.05, 0.1) is 5.25 Å². The Morgan fingerprint density at radius 1 is 1.19 bits per heavy atom. The Labute approximate surface area is 161 Å². The number of carbonyl (C=O) groups excluding carboxylic acids is 1. The van der Waals surface area contributed by atoms with E-state index in [1.54, 1.807) is 36.7 Å². The number of thioether (sulfide) groups is 1. The average Bonchev–Trinajstić information content (AvgIpc) is 3.02. The van der Waals surface area contributed by atoms with Gasteiger partial charge in [0.25, 0.3) is 0 Å². The van der Waals surface area contributed by atoms with Crippen LogP contribution >= 0.6 is 23.4 Å². The third kappa shape index (κ3) is 4.23. The summed E-state index contributed by atoms with van der Waals surface area (Å²) < 4.78 is 1.89. The predicted molar refractivity (Wildman–Crippen MR) is 104 cm³/mol. The lowest BCUT2D eigenvalue weighted by atomic mass is 10.2. The fourth-order valence-electron chi connectivity index (χ4n) is 2.38. The number of aromatic nitrogens is 4. The summed E-state index contributed by atoms with van der Waals surface area (Å²) in [6.07, 6.45) is 4.10. The molecule has 0 unspecified atom stereocenters. The van der Waals surface area contributed by atoms with Gasteiger partial charge in [-0.2, -0.15) is 0 Å². The van der Waals surface area contributed by atoms with E-state index in [4.69, 9.17) is 11.6 Å². The molecule has 0 aliphatic heterocycles. The van der Waals surface area contributed by atoms with Crippen molar-refractivity contribution in [2.75, 3.05) is 5.32 Å². The minimum absolute atomic E-state index is 0.0757. The maximum atomic E-state index is 12.6. The molecule has 3 aromatic rings. The van der Waals surface area contributed by atoms with E-state index < -0.39 is 0 Å². The van der Waals surface area contributed by atoms with Crippen molar-refractivity contribution < 1.29 is 4.79 Å². The second-order valence-electron chi connectivity index (χ2n) is 5.61. The van der Waals surface area contributed by atoms with Crippen molar-refractivity contribution >= 4 is 35.0 Å². The predicted octanol–water partition coefficient (Wildman–Crippen LogP) is 4.04. The first kappa shape index (κ1) is 18.4. The summed E-state index contributed by atoms with van der Waals surface area (Å²) >= 11 is 7.27. The fraction of sp³-hybridized carbons (Fsp3) is 0.222. The van der Waals surface area contributed by atoms with Crippen LogP contribution in [0.5, 0.6) is 0 Å². The maximum absolute atomic E-state index is 12.6. The molecule has 0 spiro atoms. The fourth-order valence-corrected chi connectivity index (χ4v) is 3.42. The Hall–Kier alpha value is -2.38. The van der Waals surface area contributed by atoms with Crippen molar-refractivity contribution in [3.63, 3.8) is 0 Å². The minimum Gasteiger partial charge on any atom is -0.325 e. The van der Waals surface area contributed by atoms with Gasteiger partial charge in [0.2, 0.25) is 5.91 Å². The van der Waals surface area contributed by atoms with E-state index in [2.05, 4.69) is 20.5 Å². The van der Waals surface area contributed by atoms with Gasteiger partial charge in [-0.15, -0.1) is 10.2 Å². The van der Waals surface area contributed by atoms with E-state index in [9.17, 15) is 4.79 Å². The average molecular weight is 388 g/mol. The van der Waals surface area contributed by atoms with Gasteiger partial charge in [0, 0.05) is 35.7 Å². The molecule has 0 saturated heterocycles. The number of benzene rings is 1. The molecular formula is C18H18ClN5OS. The van der Waals surface area contributed by atoms with Crippen LogP contribution in [0.1, 0.15) is 13.3 Å². The monoisotopic (exact) mass is 387 g/mol. The second kappa shape index (κ2) is 8.33. The highest BCUT2D eigenvalue weighted by Gasteiger charge is 2.22. The Balaban J connectivity index is 1.73. The minimum atomic E-state index is -0.279. The van der Waals surface area contributed by atoms with Gasteiger partial charge in [-0.05, 0) is 42.8 Å². The van der Waals surface area contributed by atoms with Crippen LogP contribution in [0.25, 0.3) is 11.4 Å². The standard InChI is InChI=1S/C18H18ClN5OS/c1-3-15(17(25)21-14-6-4-13(19)5-7-14)26-18-23-22-16(24(18)2)12-8-10-20-11-9-12/h4-11,15H,3H2,1-2H3,(H,21,25)/t15-/m1/s1. The van der Waals surface area contributed by atoms with Gasteiger partial charge in [0.15, 0.2) is 11.0 Å². The first-order chi connectivity index (χ1) is 12.6. The summed E-state index contributed by atoms with van der Waals surface area (Å²) in [6, 6.07) is 10.8. The number of halogens is 1. The van der Waals surface area contributed by atoms with Gasteiger partial charge in [0.1, 0.15) is 0 Å². The molecule has 2 aromatic heterocycles. The van der Waals surface area contributed by atoms with Crippen molar-refractivity contribution in [3.8, 4) is 11.4 Å². The van der Waals surface area contributed by atoms with Gasteiger partial charge < -0.3 is 9.88 Å². The van der Waals surface area contributed by atoms with Gasteiger partial charge in [-0.3, -0.25) is 9.78 Å². The lowest BCUT2D eigenvalue weighted by molar-refractivity contribution is -0.115. The molecule has 0 aliphatic rings. The zero-order valence-corrected chi connectivity index (χ0v) is 16.0. The molecule has 1 amide bonds. The summed E-state index contributed by atoms with van der Waals surface area (Å²) in [4.78, 5) is 16.6. The van der Waals surface area contributed by atoms with Crippen LogP contribution in [0.15, 0.2) is 53.9 Å². The zero-order chi connectivity index (χ0) is 18.5. The van der Waals surface area contributed by atoms with Crippen LogP contribution in [0.2, 0.25) is 5.02 Å². The first-order valence-corrected chi connectivity index (χ1v) is 9.37. The molecule has 1 atom stereocenters. The van der Waals surface area contributed by atoms with Crippen LogP contribution in [0.3, 0.4) is 0 Å². The summed E-state index contributed by atoms with van der Waals surface area (Å²) in [5.74, 6) is 0.663. The van der Waals surface area contributed by atoms with E-state index in [0.717, 1.165) is 11.4 Å². The molecule has 6 nitrogen and oxygen atoms in total. The van der Waals surface area contributed by atoms with Crippen LogP contribution in [0, 0.1) is 0 Å². The lowest BCUT2D eigenvalue weighted by Gasteiger charge is -2.14. The number of hydrogen-bond acceptors (Lipinski definition) is 5. The summed E-state index contributed by atoms with van der Waals surface area (Å²) in [5, 5.41) is 12.4. The summed E-state index contributed by atoms with van der Waals surface area (Å²) in [6.45, 7) is 1.97. The quantitative estimate of drug-likeness (QED) is 0.646. The molecule has 0 bridgehead atoms. The molecule has 26 heavy (non-hydrogen) atoms. The maximum Gasteiger partial charge on any atom is 0.237 e. The molecule has 1 N–H and O–H groups in total. The van der Waals surface area contributed by atoms with Crippen molar-refractivity contribution in [1.29, 1.82) is 0 Å². The topological polar surface area (TPSA) is 72.7 Å². The Bertz CT molecular complexity index is 882. The van der Waals surface area contributed by atoms with E-state index >= 15 is 0 Å². The van der Waals surface area contributed by atoms with Crippen LogP contribution < -0.4 is 5.32 Å². The Kier molecular flexibility index (Phi) is 5.90. The number of rotatable bonds is 6. The SMILES string of the molecule is CC[C@@H](Sc1nnc(-c2ccncc2)n1C)C(=O)Nc1ccc(Cl)cc1. The highest BCUT2D eigenvalue weighted by molar-refractivity contribution is 8.00. The number of nitrogens with zero attached hydrogens (tertiary/aromatic N) is 4. The number of amides is 1. The number of anilines is 1. The molecule has 0 fully saturated rings. The molecule has 0 radical (unpaired) electrons. The van der Waals surface area contributed by atoms with E-state index in [1.807, 2.05) is 30.7 Å². The van der Waals surface area contributed by atoms with Crippen molar-refractivity contribution in [2.45, 2.75) is 23.8 Å². The Morgan fingerprint density at radius 2 is 1.88 bits per heavy atom. The van der Waals surface area contributed by atoms with Crippen molar-refractivity contribution in [2.24, 2.45) is 7.05 Å². The van der Waals surface area contributed by atoms with E-state index in [-0.39, 0.29) is 11.2 Å². The number of pyridine rings is 1.